The molecule has 0 aliphatic heterocycles. The van der Waals surface area contributed by atoms with Crippen molar-refractivity contribution >= 4 is 38.8 Å². The second-order valence-corrected chi connectivity index (χ2v) is 7.53. The highest BCUT2D eigenvalue weighted by Gasteiger charge is 2.29. The molecule has 2 aromatic carbocycles. The van der Waals surface area contributed by atoms with Crippen molar-refractivity contribution < 1.29 is 9.59 Å². The van der Waals surface area contributed by atoms with E-state index in [1.54, 1.807) is 41.7 Å². The van der Waals surface area contributed by atoms with E-state index in [-0.39, 0.29) is 11.6 Å². The fourth-order valence-corrected chi connectivity index (χ4v) is 4.10. The molecule has 0 atom stereocenters. The molecule has 4 rings (SSSR count). The van der Waals surface area contributed by atoms with Crippen molar-refractivity contribution in [2.45, 2.75) is 0 Å². The third kappa shape index (κ3) is 1.99. The van der Waals surface area contributed by atoms with Crippen molar-refractivity contribution in [3.8, 4) is 10.4 Å². The maximum atomic E-state index is 12.7. The van der Waals surface area contributed by atoms with Gasteiger partial charge in [-0.2, -0.15) is 0 Å². The molecular formula is C18H9BrO2S. The molecule has 0 saturated heterocycles. The first-order valence-electron chi connectivity index (χ1n) is 6.73. The summed E-state index contributed by atoms with van der Waals surface area (Å²) in [5.41, 5.74) is 2.92. The van der Waals surface area contributed by atoms with Crippen LogP contribution in [0.5, 0.6) is 0 Å². The van der Waals surface area contributed by atoms with Gasteiger partial charge in [-0.1, -0.05) is 30.3 Å². The van der Waals surface area contributed by atoms with E-state index in [0.29, 0.717) is 22.3 Å². The van der Waals surface area contributed by atoms with Gasteiger partial charge in [0.05, 0.1) is 3.79 Å². The van der Waals surface area contributed by atoms with Crippen LogP contribution in [0, 0.1) is 0 Å². The van der Waals surface area contributed by atoms with Gasteiger partial charge in [-0.3, -0.25) is 9.59 Å². The summed E-state index contributed by atoms with van der Waals surface area (Å²) in [6, 6.07) is 16.5. The minimum absolute atomic E-state index is 0.0795. The Morgan fingerprint density at radius 2 is 1.36 bits per heavy atom. The highest BCUT2D eigenvalue weighted by atomic mass is 79.9. The second kappa shape index (κ2) is 5.00. The van der Waals surface area contributed by atoms with E-state index in [4.69, 9.17) is 0 Å². The molecule has 4 heteroatoms. The molecule has 22 heavy (non-hydrogen) atoms. The van der Waals surface area contributed by atoms with E-state index in [0.717, 1.165) is 14.2 Å². The van der Waals surface area contributed by atoms with Gasteiger partial charge in [-0.05, 0) is 45.8 Å². The first-order valence-corrected chi connectivity index (χ1v) is 8.34. The molecule has 0 radical (unpaired) electrons. The van der Waals surface area contributed by atoms with Gasteiger partial charge < -0.3 is 0 Å². The summed E-state index contributed by atoms with van der Waals surface area (Å²) in [5.74, 6) is -0.160. The van der Waals surface area contributed by atoms with Crippen LogP contribution in [-0.4, -0.2) is 11.6 Å². The minimum Gasteiger partial charge on any atom is -0.289 e. The molecule has 1 aliphatic rings. The third-order valence-corrected chi connectivity index (χ3v) is 5.46. The lowest BCUT2D eigenvalue weighted by Gasteiger charge is -2.17. The maximum Gasteiger partial charge on any atom is 0.194 e. The third-order valence-electron chi connectivity index (χ3n) is 3.78. The molecule has 0 unspecified atom stereocenters. The fraction of sp³-hybridized carbons (Fsp3) is 0. The van der Waals surface area contributed by atoms with Crippen LogP contribution in [0.2, 0.25) is 0 Å². The van der Waals surface area contributed by atoms with Gasteiger partial charge in [0.15, 0.2) is 11.6 Å². The van der Waals surface area contributed by atoms with E-state index in [9.17, 15) is 9.59 Å². The zero-order chi connectivity index (χ0) is 15.3. The molecule has 2 nitrogen and oxygen atoms in total. The van der Waals surface area contributed by atoms with Crippen molar-refractivity contribution in [1.82, 2.24) is 0 Å². The molecule has 0 saturated carbocycles. The maximum absolute atomic E-state index is 12.7. The van der Waals surface area contributed by atoms with Crippen LogP contribution in [0.4, 0.5) is 0 Å². The van der Waals surface area contributed by atoms with Crippen LogP contribution in [0.3, 0.4) is 0 Å². The Morgan fingerprint density at radius 3 is 2.00 bits per heavy atom. The van der Waals surface area contributed by atoms with Crippen LogP contribution in [0.25, 0.3) is 10.4 Å². The highest BCUT2D eigenvalue weighted by Crippen LogP contribution is 2.35. The average Bonchev–Trinajstić information content (AvgIpc) is 2.99. The zero-order valence-corrected chi connectivity index (χ0v) is 13.7. The number of ketones is 2. The molecule has 0 fully saturated rings. The predicted octanol–water partition coefficient (Wildman–Crippen LogP) is 4.95. The molecule has 0 amide bonds. The number of fused-ring (bicyclic) bond motifs is 2. The molecule has 1 aromatic heterocycles. The number of rotatable bonds is 1. The summed E-state index contributed by atoms with van der Waals surface area (Å²) < 4.78 is 1.04. The average molecular weight is 369 g/mol. The number of thiophene rings is 1. The first kappa shape index (κ1) is 13.6. The smallest absolute Gasteiger partial charge is 0.194 e. The largest absolute Gasteiger partial charge is 0.289 e. The van der Waals surface area contributed by atoms with E-state index in [1.165, 1.54) is 0 Å². The van der Waals surface area contributed by atoms with Gasteiger partial charge in [0.2, 0.25) is 0 Å². The van der Waals surface area contributed by atoms with Crippen LogP contribution in [-0.2, 0) is 0 Å². The molecule has 0 N–H and O–H groups in total. The number of hydrogen-bond acceptors (Lipinski definition) is 3. The van der Waals surface area contributed by atoms with E-state index in [1.807, 2.05) is 24.3 Å². The normalized spacial score (nSPS) is 13.0. The van der Waals surface area contributed by atoms with Gasteiger partial charge in [0, 0.05) is 27.1 Å². The molecule has 0 spiro atoms. The second-order valence-electron chi connectivity index (χ2n) is 5.07. The van der Waals surface area contributed by atoms with Crippen LogP contribution >= 0.6 is 27.3 Å². The van der Waals surface area contributed by atoms with Crippen molar-refractivity contribution in [3.63, 3.8) is 0 Å². The summed E-state index contributed by atoms with van der Waals surface area (Å²) in [7, 11) is 0. The molecule has 0 bridgehead atoms. The topological polar surface area (TPSA) is 34.1 Å². The predicted molar refractivity (Wildman–Crippen MR) is 90.8 cm³/mol. The zero-order valence-electron chi connectivity index (χ0n) is 11.3. The lowest BCUT2D eigenvalue weighted by molar-refractivity contribution is 0.0979. The van der Waals surface area contributed by atoms with E-state index in [2.05, 4.69) is 15.9 Å². The SMILES string of the molecule is O=C1c2ccccc2C(=O)c2cc(-c3ccc(Br)s3)ccc21. The molecule has 1 aliphatic carbocycles. The van der Waals surface area contributed by atoms with Gasteiger partial charge in [0.1, 0.15) is 0 Å². The van der Waals surface area contributed by atoms with Crippen LogP contribution in [0.15, 0.2) is 58.4 Å². The molecule has 3 aromatic rings. The Bertz CT molecular complexity index is 940. The summed E-state index contributed by atoms with van der Waals surface area (Å²) in [6.07, 6.45) is 0. The fourth-order valence-electron chi connectivity index (χ4n) is 2.72. The van der Waals surface area contributed by atoms with Gasteiger partial charge in [-0.15, -0.1) is 11.3 Å². The Labute approximate surface area is 139 Å². The summed E-state index contributed by atoms with van der Waals surface area (Å²) in [6.45, 7) is 0. The summed E-state index contributed by atoms with van der Waals surface area (Å²) in [5, 5.41) is 0. The van der Waals surface area contributed by atoms with Crippen LogP contribution in [0.1, 0.15) is 31.8 Å². The number of benzene rings is 2. The van der Waals surface area contributed by atoms with Gasteiger partial charge >= 0.3 is 0 Å². The first-order chi connectivity index (χ1) is 10.6. The molecular weight excluding hydrogens is 360 g/mol. The Morgan fingerprint density at radius 1 is 0.727 bits per heavy atom. The Balaban J connectivity index is 1.90. The monoisotopic (exact) mass is 368 g/mol. The summed E-state index contributed by atoms with van der Waals surface area (Å²) >= 11 is 5.04. The number of carbonyl (C=O) groups excluding carboxylic acids is 2. The minimum atomic E-state index is -0.0809. The standard InChI is InChI=1S/C18H9BrO2S/c19-16-8-7-15(22-16)10-5-6-13-14(9-10)18(21)12-4-2-1-3-11(12)17(13)20/h1-9H. The Hall–Kier alpha value is -2.04. The number of carbonyl (C=O) groups is 2. The van der Waals surface area contributed by atoms with Crippen molar-refractivity contribution in [2.75, 3.05) is 0 Å². The molecule has 1 heterocycles. The van der Waals surface area contributed by atoms with E-state index >= 15 is 0 Å². The van der Waals surface area contributed by atoms with E-state index < -0.39 is 0 Å². The van der Waals surface area contributed by atoms with Crippen LogP contribution < -0.4 is 0 Å². The van der Waals surface area contributed by atoms with Gasteiger partial charge in [-0.25, -0.2) is 0 Å². The van der Waals surface area contributed by atoms with Crippen molar-refractivity contribution in [3.05, 3.63) is 80.6 Å². The quantitative estimate of drug-likeness (QED) is 0.476. The lowest BCUT2D eigenvalue weighted by atomic mass is 9.83. The van der Waals surface area contributed by atoms with Crippen molar-refractivity contribution in [2.24, 2.45) is 0 Å². The Kier molecular flexibility index (Phi) is 3.10. The highest BCUT2D eigenvalue weighted by molar-refractivity contribution is 9.11. The molecule has 106 valence electrons. The number of halogens is 1. The van der Waals surface area contributed by atoms with Gasteiger partial charge in [0.25, 0.3) is 0 Å². The lowest BCUT2D eigenvalue weighted by Crippen LogP contribution is -2.20. The number of hydrogen-bond donors (Lipinski definition) is 0. The summed E-state index contributed by atoms with van der Waals surface area (Å²) in [4.78, 5) is 26.3. The van der Waals surface area contributed by atoms with Crippen molar-refractivity contribution in [1.29, 1.82) is 0 Å².